The van der Waals surface area contributed by atoms with Gasteiger partial charge in [0.2, 0.25) is 5.91 Å². The van der Waals surface area contributed by atoms with E-state index in [1.165, 1.54) is 0 Å². The lowest BCUT2D eigenvalue weighted by molar-refractivity contribution is -0.120. The van der Waals surface area contributed by atoms with Crippen LogP contribution in [-0.2, 0) is 17.8 Å². The molecule has 0 atom stereocenters. The topological polar surface area (TPSA) is 50.7 Å². The van der Waals surface area contributed by atoms with E-state index in [2.05, 4.69) is 58.3 Å². The predicted molar refractivity (Wildman–Crippen MR) is 126 cm³/mol. The van der Waals surface area contributed by atoms with Crippen LogP contribution in [0.5, 0.6) is 5.75 Å². The Morgan fingerprint density at radius 2 is 1.66 bits per heavy atom. The Morgan fingerprint density at radius 3 is 2.38 bits per heavy atom. The van der Waals surface area contributed by atoms with Gasteiger partial charge in [-0.1, -0.05) is 74.3 Å². The minimum absolute atomic E-state index is 0.190. The highest BCUT2D eigenvalue weighted by Gasteiger charge is 2.10. The zero-order valence-electron chi connectivity index (χ0n) is 15.2. The average molecular weight is 581 g/mol. The third-order valence-corrected chi connectivity index (χ3v) is 5.51. The second-order valence-corrected chi connectivity index (χ2v) is 8.86. The lowest BCUT2D eigenvalue weighted by Crippen LogP contribution is -2.19. The zero-order valence-corrected chi connectivity index (χ0v) is 20.0. The van der Waals surface area contributed by atoms with Crippen LogP contribution >= 0.6 is 47.8 Å². The number of benzene rings is 3. The number of hydrogen-bond acceptors (Lipinski definition) is 3. The van der Waals surface area contributed by atoms with Crippen LogP contribution in [0.25, 0.3) is 0 Å². The van der Waals surface area contributed by atoms with Crippen molar-refractivity contribution < 1.29 is 9.53 Å². The summed E-state index contributed by atoms with van der Waals surface area (Å²) in [6.07, 6.45) is 1.83. The SMILES string of the molecule is O=C(Cc1ccc(Br)cc1)N/N=C\c1cc(Br)cc(Br)c1OCc1ccccc1. The van der Waals surface area contributed by atoms with E-state index in [1.807, 2.05) is 66.7 Å². The Hall–Kier alpha value is -1.96. The monoisotopic (exact) mass is 578 g/mol. The summed E-state index contributed by atoms with van der Waals surface area (Å²) in [5.41, 5.74) is 5.29. The van der Waals surface area contributed by atoms with Crippen LogP contribution in [0, 0.1) is 0 Å². The van der Waals surface area contributed by atoms with E-state index in [0.29, 0.717) is 12.4 Å². The van der Waals surface area contributed by atoms with Crippen molar-refractivity contribution in [2.45, 2.75) is 13.0 Å². The molecule has 148 valence electrons. The van der Waals surface area contributed by atoms with Crippen molar-refractivity contribution in [3.63, 3.8) is 0 Å². The lowest BCUT2D eigenvalue weighted by atomic mass is 10.1. The minimum Gasteiger partial charge on any atom is -0.487 e. The van der Waals surface area contributed by atoms with E-state index in [-0.39, 0.29) is 12.3 Å². The van der Waals surface area contributed by atoms with Gasteiger partial charge < -0.3 is 4.74 Å². The summed E-state index contributed by atoms with van der Waals surface area (Å²) in [6, 6.07) is 21.3. The molecule has 3 aromatic carbocycles. The van der Waals surface area contributed by atoms with Gasteiger partial charge in [0.25, 0.3) is 0 Å². The molecule has 0 fully saturated rings. The van der Waals surface area contributed by atoms with Gasteiger partial charge in [0.1, 0.15) is 12.4 Å². The van der Waals surface area contributed by atoms with Crippen LogP contribution in [0.4, 0.5) is 0 Å². The number of hydrazone groups is 1. The van der Waals surface area contributed by atoms with E-state index < -0.39 is 0 Å². The van der Waals surface area contributed by atoms with Crippen molar-refractivity contribution in [1.82, 2.24) is 5.43 Å². The highest BCUT2D eigenvalue weighted by Crippen LogP contribution is 2.32. The number of hydrogen-bond donors (Lipinski definition) is 1. The zero-order chi connectivity index (χ0) is 20.6. The Labute approximate surface area is 194 Å². The molecule has 7 heteroatoms. The second kappa shape index (κ2) is 10.7. The van der Waals surface area contributed by atoms with Gasteiger partial charge in [-0.15, -0.1) is 0 Å². The molecule has 1 amide bonds. The van der Waals surface area contributed by atoms with Crippen molar-refractivity contribution in [3.8, 4) is 5.75 Å². The molecule has 0 aliphatic carbocycles. The number of nitrogens with one attached hydrogen (secondary N) is 1. The van der Waals surface area contributed by atoms with Gasteiger partial charge in [-0.2, -0.15) is 5.10 Å². The number of ether oxygens (including phenoxy) is 1. The third kappa shape index (κ3) is 6.80. The molecule has 1 N–H and O–H groups in total. The maximum absolute atomic E-state index is 12.1. The maximum atomic E-state index is 12.1. The smallest absolute Gasteiger partial charge is 0.244 e. The summed E-state index contributed by atoms with van der Waals surface area (Å²) >= 11 is 10.4. The Morgan fingerprint density at radius 1 is 0.931 bits per heavy atom. The first-order chi connectivity index (χ1) is 14.0. The highest BCUT2D eigenvalue weighted by atomic mass is 79.9. The summed E-state index contributed by atoms with van der Waals surface area (Å²) in [5.74, 6) is 0.465. The van der Waals surface area contributed by atoms with Gasteiger partial charge in [0.05, 0.1) is 17.1 Å². The average Bonchev–Trinajstić information content (AvgIpc) is 2.70. The van der Waals surface area contributed by atoms with Gasteiger partial charge >= 0.3 is 0 Å². The Bertz CT molecular complexity index is 1010. The van der Waals surface area contributed by atoms with E-state index in [4.69, 9.17) is 4.74 Å². The fraction of sp³-hybridized carbons (Fsp3) is 0.0909. The highest BCUT2D eigenvalue weighted by molar-refractivity contribution is 9.11. The number of rotatable bonds is 7. The largest absolute Gasteiger partial charge is 0.487 e. The standard InChI is InChI=1S/C22H17Br3N2O2/c23-18-8-6-15(7-9-18)10-21(28)27-26-13-17-11-19(24)12-20(25)22(17)29-14-16-4-2-1-3-5-16/h1-9,11-13H,10,14H2,(H,27,28)/b26-13-. The first-order valence-electron chi connectivity index (χ1n) is 8.73. The molecule has 0 radical (unpaired) electrons. The van der Waals surface area contributed by atoms with Gasteiger partial charge in [0, 0.05) is 14.5 Å². The molecular formula is C22H17Br3N2O2. The van der Waals surface area contributed by atoms with E-state index in [0.717, 1.165) is 30.1 Å². The molecule has 0 saturated carbocycles. The van der Waals surface area contributed by atoms with Gasteiger partial charge in [-0.25, -0.2) is 5.43 Å². The fourth-order valence-corrected chi connectivity index (χ4v) is 4.20. The number of halogens is 3. The molecule has 0 spiro atoms. The van der Waals surface area contributed by atoms with Gasteiger partial charge in [-0.05, 0) is 51.3 Å². The number of carbonyl (C=O) groups is 1. The second-order valence-electron chi connectivity index (χ2n) is 6.18. The number of amides is 1. The van der Waals surface area contributed by atoms with Crippen molar-refractivity contribution in [2.75, 3.05) is 0 Å². The molecule has 29 heavy (non-hydrogen) atoms. The molecule has 0 bridgehead atoms. The molecule has 0 saturated heterocycles. The summed E-state index contributed by atoms with van der Waals surface area (Å²) in [5, 5.41) is 4.10. The maximum Gasteiger partial charge on any atom is 0.244 e. The molecule has 0 aliphatic heterocycles. The number of carbonyl (C=O) groups excluding carboxylic acids is 1. The third-order valence-electron chi connectivity index (χ3n) is 3.93. The van der Waals surface area contributed by atoms with Crippen molar-refractivity contribution in [1.29, 1.82) is 0 Å². The fourth-order valence-electron chi connectivity index (χ4n) is 2.56. The normalized spacial score (nSPS) is 10.9. The lowest BCUT2D eigenvalue weighted by Gasteiger charge is -2.12. The van der Waals surface area contributed by atoms with Crippen LogP contribution < -0.4 is 10.2 Å². The summed E-state index contributed by atoms with van der Waals surface area (Å²) in [4.78, 5) is 12.1. The molecule has 4 nitrogen and oxygen atoms in total. The first-order valence-corrected chi connectivity index (χ1v) is 11.1. The summed E-state index contributed by atoms with van der Waals surface area (Å²) < 4.78 is 8.64. The first kappa shape index (κ1) is 21.7. The van der Waals surface area contributed by atoms with Crippen LogP contribution in [-0.4, -0.2) is 12.1 Å². The van der Waals surface area contributed by atoms with E-state index in [9.17, 15) is 4.79 Å². The molecule has 3 rings (SSSR count). The molecular weight excluding hydrogens is 564 g/mol. The van der Waals surface area contributed by atoms with Crippen LogP contribution in [0.3, 0.4) is 0 Å². The Kier molecular flexibility index (Phi) is 8.03. The molecule has 0 unspecified atom stereocenters. The van der Waals surface area contributed by atoms with Crippen molar-refractivity contribution in [3.05, 3.63) is 96.8 Å². The van der Waals surface area contributed by atoms with Crippen LogP contribution in [0.15, 0.2) is 85.2 Å². The van der Waals surface area contributed by atoms with Crippen molar-refractivity contribution >= 4 is 59.9 Å². The minimum atomic E-state index is -0.190. The van der Waals surface area contributed by atoms with Gasteiger partial charge in [-0.3, -0.25) is 4.79 Å². The summed E-state index contributed by atoms with van der Waals surface area (Å²) in [6.45, 7) is 0.428. The molecule has 0 aromatic heterocycles. The molecule has 0 aliphatic rings. The molecule has 0 heterocycles. The van der Waals surface area contributed by atoms with Crippen LogP contribution in [0.1, 0.15) is 16.7 Å². The Balaban J connectivity index is 1.67. The number of nitrogens with zero attached hydrogens (tertiary/aromatic N) is 1. The van der Waals surface area contributed by atoms with Gasteiger partial charge in [0.15, 0.2) is 0 Å². The predicted octanol–water partition coefficient (Wildman–Crippen LogP) is 6.25. The van der Waals surface area contributed by atoms with E-state index >= 15 is 0 Å². The summed E-state index contributed by atoms with van der Waals surface area (Å²) in [7, 11) is 0. The van der Waals surface area contributed by atoms with Crippen molar-refractivity contribution in [2.24, 2.45) is 5.10 Å². The van der Waals surface area contributed by atoms with E-state index in [1.54, 1.807) is 6.21 Å². The quantitative estimate of drug-likeness (QED) is 0.265. The van der Waals surface area contributed by atoms with Crippen LogP contribution in [0.2, 0.25) is 0 Å². The molecule has 3 aromatic rings.